The fourth-order valence-corrected chi connectivity index (χ4v) is 7.05. The van der Waals surface area contributed by atoms with Crippen LogP contribution in [-0.4, -0.2) is 98.1 Å². The van der Waals surface area contributed by atoms with Gasteiger partial charge in [-0.25, -0.2) is 10.4 Å². The largest absolute Gasteiger partial charge is 0.508 e. The van der Waals surface area contributed by atoms with E-state index in [1.54, 1.807) is 18.2 Å². The third-order valence-electron chi connectivity index (χ3n) is 9.31. The summed E-state index contributed by atoms with van der Waals surface area (Å²) in [7, 11) is 0. The Labute approximate surface area is 269 Å². The number of aromatic amines is 1. The molecule has 8 rings (SSSR count). The molecule has 5 atom stereocenters. The van der Waals surface area contributed by atoms with E-state index >= 15 is 0 Å². The molecule has 1 fully saturated rings. The zero-order valence-electron chi connectivity index (χ0n) is 24.9. The van der Waals surface area contributed by atoms with Crippen molar-refractivity contribution in [3.05, 3.63) is 77.1 Å². The maximum absolute atomic E-state index is 14.4. The molecular weight excluding hydrogens is 626 g/mol. The number of hydrogen-bond acceptors (Lipinski definition) is 12. The van der Waals surface area contributed by atoms with Crippen LogP contribution in [0.15, 0.2) is 54.9 Å². The predicted molar refractivity (Wildman–Crippen MR) is 169 cm³/mol. The summed E-state index contributed by atoms with van der Waals surface area (Å²) in [6.07, 6.45) is -4.84. The molecule has 246 valence electrons. The molecule has 48 heavy (non-hydrogen) atoms. The van der Waals surface area contributed by atoms with Crippen LogP contribution in [0, 0.1) is 0 Å². The maximum Gasteiger partial charge on any atom is 0.276 e. The summed E-state index contributed by atoms with van der Waals surface area (Å²) in [5.41, 5.74) is 5.33. The molecule has 15 heteroatoms. The lowest BCUT2D eigenvalue weighted by atomic mass is 9.96. The number of nitrogens with one attached hydrogen (secondary N) is 2. The molecule has 2 amide bonds. The van der Waals surface area contributed by atoms with Crippen molar-refractivity contribution < 1.29 is 50.1 Å². The molecule has 0 aliphatic carbocycles. The number of hydrazine groups is 1. The number of aliphatic hydroxyl groups is 5. The minimum Gasteiger partial charge on any atom is -0.508 e. The second-order valence-electron chi connectivity index (χ2n) is 12.0. The lowest BCUT2D eigenvalue weighted by Crippen LogP contribution is -2.56. The van der Waals surface area contributed by atoms with E-state index in [1.807, 2.05) is 0 Å². The Morgan fingerprint density at radius 1 is 0.854 bits per heavy atom. The van der Waals surface area contributed by atoms with Gasteiger partial charge in [-0.2, -0.15) is 0 Å². The van der Waals surface area contributed by atoms with Crippen molar-refractivity contribution in [3.8, 4) is 11.5 Å². The quantitative estimate of drug-likeness (QED) is 0.114. The summed E-state index contributed by atoms with van der Waals surface area (Å²) in [6, 6.07) is 10.5. The van der Waals surface area contributed by atoms with Crippen LogP contribution in [0.1, 0.15) is 38.1 Å². The molecule has 3 aromatic heterocycles. The van der Waals surface area contributed by atoms with Crippen LogP contribution in [-0.2, 0) is 17.9 Å². The number of ether oxygens (including phenoxy) is 1. The number of carbonyl (C=O) groups is 2. The van der Waals surface area contributed by atoms with Gasteiger partial charge in [0.2, 0.25) is 0 Å². The maximum atomic E-state index is 14.4. The van der Waals surface area contributed by atoms with Gasteiger partial charge in [0.25, 0.3) is 11.8 Å². The minimum absolute atomic E-state index is 0.00156. The first-order chi connectivity index (χ1) is 23.1. The van der Waals surface area contributed by atoms with Gasteiger partial charge >= 0.3 is 0 Å². The molecule has 3 aromatic carbocycles. The summed E-state index contributed by atoms with van der Waals surface area (Å²) in [4.78, 5) is 35.9. The van der Waals surface area contributed by atoms with Gasteiger partial charge in [-0.05, 0) is 35.9 Å². The number of hydrogen-bond donors (Lipinski definition) is 9. The molecule has 9 N–H and O–H groups in total. The van der Waals surface area contributed by atoms with E-state index in [4.69, 9.17) is 4.74 Å². The number of H-pyrrole nitrogens is 1. The molecule has 5 heterocycles. The van der Waals surface area contributed by atoms with Crippen molar-refractivity contribution in [1.29, 1.82) is 0 Å². The number of amides is 2. The zero-order valence-corrected chi connectivity index (χ0v) is 24.9. The number of imide groups is 1. The van der Waals surface area contributed by atoms with E-state index < -0.39 is 49.1 Å². The van der Waals surface area contributed by atoms with E-state index in [-0.39, 0.29) is 52.2 Å². The Morgan fingerprint density at radius 2 is 1.56 bits per heavy atom. The molecule has 0 spiro atoms. The van der Waals surface area contributed by atoms with Crippen LogP contribution in [0.4, 0.5) is 0 Å². The molecule has 0 unspecified atom stereocenters. The second-order valence-corrected chi connectivity index (χ2v) is 12.0. The van der Waals surface area contributed by atoms with Gasteiger partial charge in [0.1, 0.15) is 35.9 Å². The van der Waals surface area contributed by atoms with E-state index in [0.717, 1.165) is 5.01 Å². The van der Waals surface area contributed by atoms with Crippen molar-refractivity contribution in [2.75, 3.05) is 6.61 Å². The smallest absolute Gasteiger partial charge is 0.276 e. The number of rotatable bonds is 6. The molecule has 6 aromatic rings. The summed E-state index contributed by atoms with van der Waals surface area (Å²) in [5.74, 6) is -1.60. The molecular formula is C33H29N5O10. The number of phenols is 2. The van der Waals surface area contributed by atoms with Crippen LogP contribution in [0.25, 0.3) is 43.6 Å². The molecule has 2 aliphatic heterocycles. The van der Waals surface area contributed by atoms with Crippen molar-refractivity contribution in [2.45, 2.75) is 43.8 Å². The Bertz CT molecular complexity index is 2310. The van der Waals surface area contributed by atoms with Crippen molar-refractivity contribution in [2.24, 2.45) is 0 Å². The first-order valence-electron chi connectivity index (χ1n) is 15.1. The second kappa shape index (κ2) is 11.0. The normalized spacial score (nSPS) is 22.9. The highest BCUT2D eigenvalue weighted by Crippen LogP contribution is 2.47. The Balaban J connectivity index is 1.44. The molecule has 2 aliphatic rings. The van der Waals surface area contributed by atoms with Crippen LogP contribution in [0.2, 0.25) is 0 Å². The first kappa shape index (κ1) is 30.2. The number of pyridine rings is 1. The summed E-state index contributed by atoms with van der Waals surface area (Å²) in [6.45, 7) is -0.997. The average Bonchev–Trinajstić information content (AvgIpc) is 3.69. The number of fused-ring (bicyclic) bond motifs is 10. The standard InChI is InChI=1S/C33H29N5O10/c39-11-14-9-34-6-5-13(14)10-35-38-31(46)24-22-17-3-1-15(41)7-19(17)36-26(22)27-23(25(24)32(38)47)18-4-2-16(42)8-20(18)37(27)33-30(45)29(44)28(43)21(12-40)48-33/h1-9,21,28-30,33,35-36,39-45H,10-12H2/t21-,28-,29+,30-,33-/m0/s1. The Kier molecular flexibility index (Phi) is 6.90. The van der Waals surface area contributed by atoms with Crippen molar-refractivity contribution in [3.63, 3.8) is 0 Å². The highest BCUT2D eigenvalue weighted by atomic mass is 16.6. The monoisotopic (exact) mass is 655 g/mol. The summed E-state index contributed by atoms with van der Waals surface area (Å²) < 4.78 is 7.45. The van der Waals surface area contributed by atoms with Gasteiger partial charge in [0.15, 0.2) is 6.23 Å². The first-order valence-corrected chi connectivity index (χ1v) is 15.1. The minimum atomic E-state index is -1.74. The lowest BCUT2D eigenvalue weighted by molar-refractivity contribution is -0.249. The van der Waals surface area contributed by atoms with E-state index in [9.17, 15) is 45.3 Å². The van der Waals surface area contributed by atoms with E-state index in [2.05, 4.69) is 15.4 Å². The van der Waals surface area contributed by atoms with Gasteiger partial charge in [0.05, 0.1) is 46.4 Å². The predicted octanol–water partition coefficient (Wildman–Crippen LogP) is 1.00. The number of aromatic nitrogens is 3. The SMILES string of the molecule is O=C1c2c(c3c4ccc(O)cc4n([C@H]4O[C@@H](CO)[C@H](O)[C@@H](O)[C@@H]4O)c3c3[nH]c4cc(O)ccc4c23)C(=O)N1NCc1ccncc1CO. The summed E-state index contributed by atoms with van der Waals surface area (Å²) >= 11 is 0. The number of aliphatic hydroxyl groups excluding tert-OH is 5. The average molecular weight is 656 g/mol. The molecule has 0 bridgehead atoms. The lowest BCUT2D eigenvalue weighted by Gasteiger charge is -2.41. The fraction of sp³-hybridized carbons (Fsp3) is 0.242. The Hall–Kier alpha value is -5.13. The third kappa shape index (κ3) is 4.17. The molecule has 1 saturated heterocycles. The number of phenolic OH excluding ortho intramolecular Hbond substituents is 2. The van der Waals surface area contributed by atoms with Gasteiger partial charge < -0.3 is 50.0 Å². The highest BCUT2D eigenvalue weighted by molar-refractivity contribution is 6.39. The van der Waals surface area contributed by atoms with Crippen molar-refractivity contribution >= 4 is 55.4 Å². The fourth-order valence-electron chi connectivity index (χ4n) is 7.05. The molecule has 0 radical (unpaired) electrons. The van der Waals surface area contributed by atoms with Gasteiger partial charge in [-0.1, -0.05) is 0 Å². The van der Waals surface area contributed by atoms with Gasteiger partial charge in [-0.15, -0.1) is 0 Å². The number of benzene rings is 3. The van der Waals surface area contributed by atoms with Crippen LogP contribution < -0.4 is 5.43 Å². The topological polar surface area (TPSA) is 234 Å². The van der Waals surface area contributed by atoms with Gasteiger partial charge in [0, 0.05) is 58.2 Å². The summed E-state index contributed by atoms with van der Waals surface area (Å²) in [5, 5.41) is 75.6. The van der Waals surface area contributed by atoms with E-state index in [1.165, 1.54) is 41.2 Å². The van der Waals surface area contributed by atoms with Crippen LogP contribution >= 0.6 is 0 Å². The number of aromatic hydroxyl groups is 2. The highest BCUT2D eigenvalue weighted by Gasteiger charge is 2.47. The number of carbonyl (C=O) groups excluding carboxylic acids is 2. The van der Waals surface area contributed by atoms with E-state index in [0.29, 0.717) is 38.3 Å². The number of nitrogens with zero attached hydrogens (tertiary/aromatic N) is 3. The Morgan fingerprint density at radius 3 is 2.29 bits per heavy atom. The molecule has 15 nitrogen and oxygen atoms in total. The zero-order chi connectivity index (χ0) is 33.6. The van der Waals surface area contributed by atoms with Crippen LogP contribution in [0.3, 0.4) is 0 Å². The van der Waals surface area contributed by atoms with Crippen LogP contribution in [0.5, 0.6) is 11.5 Å². The third-order valence-corrected chi connectivity index (χ3v) is 9.31. The molecule has 0 saturated carbocycles. The van der Waals surface area contributed by atoms with Crippen molar-refractivity contribution in [1.82, 2.24) is 25.0 Å². The van der Waals surface area contributed by atoms with Gasteiger partial charge in [-0.3, -0.25) is 14.6 Å².